The molecule has 1 heterocycles. The van der Waals surface area contributed by atoms with Gasteiger partial charge in [-0.2, -0.15) is 26.3 Å². The number of hydrogen-bond acceptors (Lipinski definition) is 3. The van der Waals surface area contributed by atoms with E-state index in [0.717, 1.165) is 5.70 Å². The smallest absolute Gasteiger partial charge is 0.371 e. The van der Waals surface area contributed by atoms with Gasteiger partial charge in [-0.25, -0.2) is 4.39 Å². The highest BCUT2D eigenvalue weighted by Gasteiger charge is 2.40. The van der Waals surface area contributed by atoms with E-state index >= 15 is 0 Å². The van der Waals surface area contributed by atoms with Gasteiger partial charge in [0.05, 0.1) is 23.3 Å². The molecule has 2 aromatic rings. The summed E-state index contributed by atoms with van der Waals surface area (Å²) in [6.45, 7) is 3.90. The van der Waals surface area contributed by atoms with Gasteiger partial charge in [-0.3, -0.25) is 4.79 Å². The van der Waals surface area contributed by atoms with Crippen LogP contribution >= 0.6 is 0 Å². The fourth-order valence-electron chi connectivity index (χ4n) is 4.73. The van der Waals surface area contributed by atoms with Crippen LogP contribution in [0.15, 0.2) is 54.2 Å². The fourth-order valence-corrected chi connectivity index (χ4v) is 4.73. The Morgan fingerprint density at radius 1 is 0.944 bits per heavy atom. The first-order valence-electron chi connectivity index (χ1n) is 11.4. The molecule has 1 aliphatic heterocycles. The van der Waals surface area contributed by atoms with E-state index in [1.165, 1.54) is 19.1 Å². The maximum Gasteiger partial charge on any atom is 0.416 e. The first-order valence-corrected chi connectivity index (χ1v) is 11.4. The molecule has 1 saturated heterocycles. The molecule has 194 valence electrons. The lowest BCUT2D eigenvalue weighted by Crippen LogP contribution is -2.25. The van der Waals surface area contributed by atoms with E-state index < -0.39 is 41.5 Å². The van der Waals surface area contributed by atoms with Crippen molar-refractivity contribution in [2.75, 3.05) is 13.1 Å². The molecule has 4 unspecified atom stereocenters. The zero-order valence-corrected chi connectivity index (χ0v) is 19.5. The summed E-state index contributed by atoms with van der Waals surface area (Å²) < 4.78 is 99.6. The van der Waals surface area contributed by atoms with Crippen LogP contribution in [0.25, 0.3) is 0 Å². The quantitative estimate of drug-likeness (QED) is 0.406. The van der Waals surface area contributed by atoms with Crippen LogP contribution in [0.1, 0.15) is 54.5 Å². The van der Waals surface area contributed by atoms with Gasteiger partial charge in [-0.15, -0.1) is 0 Å². The van der Waals surface area contributed by atoms with Gasteiger partial charge >= 0.3 is 12.4 Å². The monoisotopic (exact) mass is 515 g/mol. The van der Waals surface area contributed by atoms with E-state index in [1.807, 2.05) is 4.90 Å². The van der Waals surface area contributed by atoms with Gasteiger partial charge in [0.1, 0.15) is 5.82 Å². The van der Waals surface area contributed by atoms with Crippen molar-refractivity contribution in [1.29, 1.82) is 0 Å². The van der Waals surface area contributed by atoms with Crippen molar-refractivity contribution in [2.24, 2.45) is 5.92 Å². The van der Waals surface area contributed by atoms with Crippen molar-refractivity contribution >= 4 is 5.78 Å². The van der Waals surface area contributed by atoms with Crippen LogP contribution in [-0.2, 0) is 21.9 Å². The maximum absolute atomic E-state index is 13.5. The number of allylic oxidation sites excluding steroid dienone is 2. The summed E-state index contributed by atoms with van der Waals surface area (Å²) in [5.41, 5.74) is -1.55. The number of ketones is 1. The molecular weight excluding hydrogens is 491 g/mol. The van der Waals surface area contributed by atoms with E-state index in [4.69, 9.17) is 4.74 Å². The molecule has 4 rings (SSSR count). The van der Waals surface area contributed by atoms with Gasteiger partial charge in [-0.1, -0.05) is 19.1 Å². The Morgan fingerprint density at radius 2 is 1.53 bits per heavy atom. The van der Waals surface area contributed by atoms with Crippen LogP contribution in [0, 0.1) is 11.7 Å². The summed E-state index contributed by atoms with van der Waals surface area (Å²) in [6, 6.07) is 7.13. The Morgan fingerprint density at radius 3 is 2.03 bits per heavy atom. The summed E-state index contributed by atoms with van der Waals surface area (Å²) in [7, 11) is 0. The number of halogens is 7. The van der Waals surface area contributed by atoms with E-state index in [9.17, 15) is 35.5 Å². The zero-order chi connectivity index (χ0) is 26.4. The molecule has 4 atom stereocenters. The number of alkyl halides is 6. The normalized spacial score (nSPS) is 23.8. The third-order valence-electron chi connectivity index (χ3n) is 6.74. The Labute approximate surface area is 203 Å². The largest absolute Gasteiger partial charge is 0.416 e. The van der Waals surface area contributed by atoms with Gasteiger partial charge in [0.25, 0.3) is 0 Å². The summed E-state index contributed by atoms with van der Waals surface area (Å²) >= 11 is 0. The summed E-state index contributed by atoms with van der Waals surface area (Å²) in [4.78, 5) is 14.0. The molecule has 36 heavy (non-hydrogen) atoms. The molecule has 0 radical (unpaired) electrons. The van der Waals surface area contributed by atoms with Crippen LogP contribution in [0.3, 0.4) is 0 Å². The minimum Gasteiger partial charge on any atom is -0.371 e. The Kier molecular flexibility index (Phi) is 6.94. The van der Waals surface area contributed by atoms with E-state index in [-0.39, 0.29) is 35.8 Å². The highest BCUT2D eigenvalue weighted by atomic mass is 19.4. The second-order valence-electron chi connectivity index (χ2n) is 9.36. The SMILES string of the molecule is CC1CC(N2CC(OC(C)c3cc(C(F)(F)F)cc(C(F)(F)F)c3)C(c3ccc(F)cc3)C2)=CC1=O. The summed E-state index contributed by atoms with van der Waals surface area (Å²) in [5.74, 6) is -0.965. The molecule has 2 aliphatic rings. The van der Waals surface area contributed by atoms with Gasteiger partial charge in [0.15, 0.2) is 5.78 Å². The minimum absolute atomic E-state index is 0.00952. The molecule has 2 aromatic carbocycles. The second-order valence-corrected chi connectivity index (χ2v) is 9.36. The minimum atomic E-state index is -4.96. The summed E-state index contributed by atoms with van der Waals surface area (Å²) in [6.07, 6.45) is -9.57. The maximum atomic E-state index is 13.5. The number of ether oxygens (including phenoxy) is 1. The molecule has 0 amide bonds. The van der Waals surface area contributed by atoms with Gasteiger partial charge in [0, 0.05) is 36.7 Å². The number of carbonyl (C=O) groups excluding carboxylic acids is 1. The van der Waals surface area contributed by atoms with Crippen LogP contribution in [0.2, 0.25) is 0 Å². The van der Waals surface area contributed by atoms with Crippen LogP contribution in [-0.4, -0.2) is 29.9 Å². The highest BCUT2D eigenvalue weighted by molar-refractivity contribution is 5.94. The number of carbonyl (C=O) groups is 1. The van der Waals surface area contributed by atoms with Crippen molar-refractivity contribution < 1.29 is 40.3 Å². The first-order chi connectivity index (χ1) is 16.7. The number of benzene rings is 2. The van der Waals surface area contributed by atoms with Crippen molar-refractivity contribution in [3.63, 3.8) is 0 Å². The topological polar surface area (TPSA) is 29.5 Å². The fraction of sp³-hybridized carbons (Fsp3) is 0.423. The molecule has 1 fully saturated rings. The predicted octanol–water partition coefficient (Wildman–Crippen LogP) is 6.90. The van der Waals surface area contributed by atoms with Gasteiger partial charge in [-0.05, 0) is 54.8 Å². The molecule has 10 heteroatoms. The molecule has 3 nitrogen and oxygen atoms in total. The average molecular weight is 515 g/mol. The molecular formula is C26H24F7NO2. The average Bonchev–Trinajstić information content (AvgIpc) is 3.35. The Bertz CT molecular complexity index is 1120. The lowest BCUT2D eigenvalue weighted by Gasteiger charge is -2.25. The van der Waals surface area contributed by atoms with Crippen LogP contribution < -0.4 is 0 Å². The number of nitrogens with zero attached hydrogens (tertiary/aromatic N) is 1. The van der Waals surface area contributed by atoms with Crippen molar-refractivity contribution in [3.8, 4) is 0 Å². The summed E-state index contributed by atoms with van der Waals surface area (Å²) in [5, 5.41) is 0. The van der Waals surface area contributed by atoms with Crippen LogP contribution in [0.5, 0.6) is 0 Å². The Hall–Kier alpha value is -2.88. The van der Waals surface area contributed by atoms with E-state index in [1.54, 1.807) is 25.1 Å². The van der Waals surface area contributed by atoms with Crippen molar-refractivity contribution in [3.05, 3.63) is 82.3 Å². The first kappa shape index (κ1) is 26.2. The van der Waals surface area contributed by atoms with Gasteiger partial charge in [0.2, 0.25) is 0 Å². The molecule has 0 N–H and O–H groups in total. The van der Waals surface area contributed by atoms with Crippen molar-refractivity contribution in [1.82, 2.24) is 4.90 Å². The van der Waals surface area contributed by atoms with Crippen molar-refractivity contribution in [2.45, 2.75) is 50.7 Å². The number of likely N-dealkylation sites (tertiary alicyclic amines) is 1. The van der Waals surface area contributed by atoms with E-state index in [2.05, 4.69) is 0 Å². The lowest BCUT2D eigenvalue weighted by molar-refractivity contribution is -0.143. The molecule has 0 spiro atoms. The van der Waals surface area contributed by atoms with E-state index in [0.29, 0.717) is 30.7 Å². The number of hydrogen-bond donors (Lipinski definition) is 0. The number of rotatable bonds is 5. The molecule has 0 aromatic heterocycles. The predicted molar refractivity (Wildman–Crippen MR) is 117 cm³/mol. The van der Waals surface area contributed by atoms with Gasteiger partial charge < -0.3 is 9.64 Å². The van der Waals surface area contributed by atoms with Crippen LogP contribution in [0.4, 0.5) is 30.7 Å². The molecule has 0 bridgehead atoms. The lowest BCUT2D eigenvalue weighted by atomic mass is 9.95. The molecule has 1 aliphatic carbocycles. The third-order valence-corrected chi connectivity index (χ3v) is 6.74. The third kappa shape index (κ3) is 5.58. The highest BCUT2D eigenvalue weighted by Crippen LogP contribution is 2.40. The second kappa shape index (κ2) is 9.53. The standard InChI is InChI=1S/C26H24F7NO2/c1-14-7-21(11-23(14)35)34-12-22(16-3-5-20(27)6-4-16)24(13-34)36-15(2)17-8-18(25(28,29)30)10-19(9-17)26(31,32)33/h3-6,8-11,14-15,22,24H,7,12-13H2,1-2H3. The molecule has 0 saturated carbocycles. The Balaban J connectivity index is 1.64. The zero-order valence-electron chi connectivity index (χ0n) is 19.5.